The average Bonchev–Trinajstić information content (AvgIpc) is 2.89. The molecule has 5 nitrogen and oxygen atoms in total. The molecule has 5 heteroatoms. The molecule has 1 N–H and O–H groups in total. The first-order chi connectivity index (χ1) is 11.1. The molecule has 1 heterocycles. The van der Waals surface area contributed by atoms with Crippen LogP contribution in [0.3, 0.4) is 0 Å². The summed E-state index contributed by atoms with van der Waals surface area (Å²) in [6, 6.07) is 9.62. The normalized spacial score (nSPS) is 19.8. The van der Waals surface area contributed by atoms with Gasteiger partial charge in [0, 0.05) is 6.54 Å². The molecule has 1 amide bonds. The molecule has 0 unspecified atom stereocenters. The van der Waals surface area contributed by atoms with Crippen molar-refractivity contribution in [2.24, 2.45) is 0 Å². The fourth-order valence-electron chi connectivity index (χ4n) is 2.24. The van der Waals surface area contributed by atoms with Crippen molar-refractivity contribution in [2.45, 2.75) is 45.2 Å². The summed E-state index contributed by atoms with van der Waals surface area (Å²) in [5.74, 6) is -0.487. The summed E-state index contributed by atoms with van der Waals surface area (Å²) in [5, 5.41) is 2.74. The van der Waals surface area contributed by atoms with E-state index in [4.69, 9.17) is 14.2 Å². The topological polar surface area (TPSA) is 56.8 Å². The average molecular weight is 319 g/mol. The lowest BCUT2D eigenvalue weighted by Crippen LogP contribution is -2.25. The quantitative estimate of drug-likeness (QED) is 0.618. The third-order valence-corrected chi connectivity index (χ3v) is 3.41. The lowest BCUT2D eigenvalue weighted by Gasteiger charge is -2.15. The van der Waals surface area contributed by atoms with Gasteiger partial charge in [-0.1, -0.05) is 42.5 Å². The van der Waals surface area contributed by atoms with Gasteiger partial charge in [0.15, 0.2) is 5.79 Å². The molecule has 0 aromatic heterocycles. The standard InChI is InChI=1S/C18H25NO4/c1-18(2)22-14-16(23-18)11-7-4-8-12-19-17(20)21-13-15-9-5-3-6-10-15/h3,5-7,9-11,16H,4,8,12-14H2,1-2H3,(H,19,20)/b11-7-/t16-/m0/s1. The predicted molar refractivity (Wildman–Crippen MR) is 87.9 cm³/mol. The summed E-state index contributed by atoms with van der Waals surface area (Å²) in [6.07, 6.45) is 5.45. The second kappa shape index (κ2) is 8.70. The van der Waals surface area contributed by atoms with Gasteiger partial charge in [-0.05, 0) is 32.3 Å². The van der Waals surface area contributed by atoms with Crippen molar-refractivity contribution in [1.82, 2.24) is 5.32 Å². The summed E-state index contributed by atoms with van der Waals surface area (Å²) < 4.78 is 16.3. The lowest BCUT2D eigenvalue weighted by atomic mass is 10.2. The number of ether oxygens (including phenoxy) is 3. The van der Waals surface area contributed by atoms with E-state index in [2.05, 4.69) is 11.4 Å². The van der Waals surface area contributed by atoms with E-state index in [0.717, 1.165) is 18.4 Å². The van der Waals surface area contributed by atoms with E-state index < -0.39 is 5.79 Å². The van der Waals surface area contributed by atoms with Crippen LogP contribution < -0.4 is 5.32 Å². The zero-order valence-corrected chi connectivity index (χ0v) is 13.8. The van der Waals surface area contributed by atoms with E-state index >= 15 is 0 Å². The molecule has 0 aliphatic carbocycles. The SMILES string of the molecule is CC1(C)OC[C@H](/C=C\CCCNC(=O)OCc2ccccc2)O1. The van der Waals surface area contributed by atoms with Gasteiger partial charge >= 0.3 is 6.09 Å². The molecule has 1 fully saturated rings. The second-order valence-corrected chi connectivity index (χ2v) is 5.93. The summed E-state index contributed by atoms with van der Waals surface area (Å²) in [7, 11) is 0. The molecule has 1 saturated heterocycles. The van der Waals surface area contributed by atoms with Gasteiger partial charge in [-0.25, -0.2) is 4.79 Å². The van der Waals surface area contributed by atoms with Crippen molar-refractivity contribution in [3.63, 3.8) is 0 Å². The van der Waals surface area contributed by atoms with Crippen LogP contribution in [-0.4, -0.2) is 31.1 Å². The number of unbranched alkanes of at least 4 members (excludes halogenated alkanes) is 1. The number of carbonyl (C=O) groups excluding carboxylic acids is 1. The first kappa shape index (κ1) is 17.5. The number of nitrogens with one attached hydrogen (secondary N) is 1. The smallest absolute Gasteiger partial charge is 0.407 e. The van der Waals surface area contributed by atoms with Crippen LogP contribution in [0, 0.1) is 0 Å². The van der Waals surface area contributed by atoms with Gasteiger partial charge in [0.1, 0.15) is 12.7 Å². The molecule has 1 aliphatic heterocycles. The van der Waals surface area contributed by atoms with Crippen molar-refractivity contribution in [3.05, 3.63) is 48.0 Å². The van der Waals surface area contributed by atoms with Gasteiger partial charge < -0.3 is 19.5 Å². The van der Waals surface area contributed by atoms with E-state index in [1.54, 1.807) is 0 Å². The van der Waals surface area contributed by atoms with Crippen LogP contribution in [0.25, 0.3) is 0 Å². The molecule has 0 saturated carbocycles. The van der Waals surface area contributed by atoms with Gasteiger partial charge in [0.25, 0.3) is 0 Å². The third-order valence-electron chi connectivity index (χ3n) is 3.41. The van der Waals surface area contributed by atoms with E-state index in [-0.39, 0.29) is 12.2 Å². The Bertz CT molecular complexity index is 513. The largest absolute Gasteiger partial charge is 0.445 e. The van der Waals surface area contributed by atoms with Crippen LogP contribution in [0.2, 0.25) is 0 Å². The van der Waals surface area contributed by atoms with Gasteiger partial charge in [-0.2, -0.15) is 0 Å². The molecular weight excluding hydrogens is 294 g/mol. The van der Waals surface area contributed by atoms with Gasteiger partial charge in [0.2, 0.25) is 0 Å². The van der Waals surface area contributed by atoms with E-state index in [1.165, 1.54) is 0 Å². The molecule has 0 radical (unpaired) electrons. The number of hydrogen-bond donors (Lipinski definition) is 1. The highest BCUT2D eigenvalue weighted by Crippen LogP contribution is 2.22. The molecule has 0 spiro atoms. The Hall–Kier alpha value is -1.85. The zero-order chi connectivity index (χ0) is 16.5. The summed E-state index contributed by atoms with van der Waals surface area (Å²) >= 11 is 0. The van der Waals surface area contributed by atoms with Gasteiger partial charge in [-0.15, -0.1) is 0 Å². The van der Waals surface area contributed by atoms with Gasteiger partial charge in [0.05, 0.1) is 6.61 Å². The van der Waals surface area contributed by atoms with E-state index in [9.17, 15) is 4.79 Å². The van der Waals surface area contributed by atoms with Gasteiger partial charge in [-0.3, -0.25) is 0 Å². The van der Waals surface area contributed by atoms with Crippen LogP contribution >= 0.6 is 0 Å². The Morgan fingerprint density at radius 2 is 2.17 bits per heavy atom. The van der Waals surface area contributed by atoms with Crippen molar-refractivity contribution in [1.29, 1.82) is 0 Å². The number of alkyl carbamates (subject to hydrolysis) is 1. The molecule has 0 bridgehead atoms. The summed E-state index contributed by atoms with van der Waals surface area (Å²) in [5.41, 5.74) is 0.979. The molecule has 1 aliphatic rings. The highest BCUT2D eigenvalue weighted by molar-refractivity contribution is 5.67. The highest BCUT2D eigenvalue weighted by atomic mass is 16.7. The van der Waals surface area contributed by atoms with Crippen LogP contribution in [-0.2, 0) is 20.8 Å². The number of amides is 1. The molecule has 2 rings (SSSR count). The van der Waals surface area contributed by atoms with E-state index in [1.807, 2.05) is 50.3 Å². The molecule has 1 atom stereocenters. The maximum atomic E-state index is 11.5. The predicted octanol–water partition coefficient (Wildman–Crippen LogP) is 3.40. The Labute approximate surface area is 137 Å². The summed E-state index contributed by atoms with van der Waals surface area (Å²) in [4.78, 5) is 11.5. The van der Waals surface area contributed by atoms with Crippen LogP contribution in [0.5, 0.6) is 0 Å². The first-order valence-electron chi connectivity index (χ1n) is 7.98. The number of hydrogen-bond acceptors (Lipinski definition) is 4. The fourth-order valence-corrected chi connectivity index (χ4v) is 2.24. The minimum atomic E-state index is -0.487. The van der Waals surface area contributed by atoms with Crippen LogP contribution in [0.15, 0.2) is 42.5 Å². The van der Waals surface area contributed by atoms with Crippen molar-refractivity contribution in [2.75, 3.05) is 13.2 Å². The van der Waals surface area contributed by atoms with Crippen LogP contribution in [0.1, 0.15) is 32.3 Å². The molecule has 1 aromatic rings. The highest BCUT2D eigenvalue weighted by Gasteiger charge is 2.30. The molecule has 1 aromatic carbocycles. The first-order valence-corrected chi connectivity index (χ1v) is 7.98. The fraction of sp³-hybridized carbons (Fsp3) is 0.500. The Morgan fingerprint density at radius 3 is 2.87 bits per heavy atom. The summed E-state index contributed by atoms with van der Waals surface area (Å²) in [6.45, 7) is 5.29. The molecule has 126 valence electrons. The van der Waals surface area contributed by atoms with Crippen molar-refractivity contribution < 1.29 is 19.0 Å². The minimum absolute atomic E-state index is 0.0220. The third kappa shape index (κ3) is 6.84. The Kier molecular flexibility index (Phi) is 6.62. The number of allylic oxidation sites excluding steroid dienone is 1. The number of benzene rings is 1. The Balaban J connectivity index is 1.51. The van der Waals surface area contributed by atoms with E-state index in [0.29, 0.717) is 19.8 Å². The molecule has 23 heavy (non-hydrogen) atoms. The Morgan fingerprint density at radius 1 is 1.39 bits per heavy atom. The van der Waals surface area contributed by atoms with Crippen molar-refractivity contribution >= 4 is 6.09 Å². The lowest BCUT2D eigenvalue weighted by molar-refractivity contribution is -0.133. The zero-order valence-electron chi connectivity index (χ0n) is 13.8. The molecular formula is C18H25NO4. The van der Waals surface area contributed by atoms with Crippen LogP contribution in [0.4, 0.5) is 4.79 Å². The number of carbonyl (C=O) groups is 1. The maximum Gasteiger partial charge on any atom is 0.407 e. The van der Waals surface area contributed by atoms with Crippen molar-refractivity contribution in [3.8, 4) is 0 Å². The minimum Gasteiger partial charge on any atom is -0.445 e. The second-order valence-electron chi connectivity index (χ2n) is 5.93. The monoisotopic (exact) mass is 319 g/mol. The number of rotatable bonds is 7. The maximum absolute atomic E-state index is 11.5.